The summed E-state index contributed by atoms with van der Waals surface area (Å²) in [4.78, 5) is 15.8. The van der Waals surface area contributed by atoms with E-state index in [0.29, 0.717) is 0 Å². The average Bonchev–Trinajstić information content (AvgIpc) is 2.54. The van der Waals surface area contributed by atoms with Crippen molar-refractivity contribution < 1.29 is 9.53 Å². The first-order valence-corrected chi connectivity index (χ1v) is 6.74. The van der Waals surface area contributed by atoms with Crippen LogP contribution >= 0.6 is 0 Å². The van der Waals surface area contributed by atoms with Crippen LogP contribution in [-0.4, -0.2) is 17.9 Å². The fourth-order valence-corrected chi connectivity index (χ4v) is 2.45. The van der Waals surface area contributed by atoms with E-state index in [4.69, 9.17) is 4.74 Å². The lowest BCUT2D eigenvalue weighted by atomic mass is 9.98. The van der Waals surface area contributed by atoms with Gasteiger partial charge >= 0.3 is 0 Å². The minimum absolute atomic E-state index is 0.0720. The van der Waals surface area contributed by atoms with Gasteiger partial charge in [0, 0.05) is 17.1 Å². The summed E-state index contributed by atoms with van der Waals surface area (Å²) in [5.74, 6) is 0.831. The van der Waals surface area contributed by atoms with Gasteiger partial charge < -0.3 is 4.74 Å². The predicted molar refractivity (Wildman–Crippen MR) is 83.7 cm³/mol. The second-order valence-electron chi connectivity index (χ2n) is 4.85. The molecule has 0 atom stereocenters. The van der Waals surface area contributed by atoms with Gasteiger partial charge in [0.1, 0.15) is 11.3 Å². The van der Waals surface area contributed by atoms with Crippen molar-refractivity contribution in [3.63, 3.8) is 0 Å². The van der Waals surface area contributed by atoms with Crippen molar-refractivity contribution in [1.29, 1.82) is 0 Å². The lowest BCUT2D eigenvalue weighted by Gasteiger charge is -2.10. The summed E-state index contributed by atoms with van der Waals surface area (Å²) in [5.41, 5.74) is 3.69. The topological polar surface area (TPSA) is 39.2 Å². The molecule has 0 radical (unpaired) electrons. The number of benzene rings is 2. The highest BCUT2D eigenvalue weighted by atomic mass is 16.5. The Hall–Kier alpha value is -2.68. The highest BCUT2D eigenvalue weighted by Gasteiger charge is 2.09. The number of ether oxygens (including phenoxy) is 1. The van der Waals surface area contributed by atoms with E-state index in [1.807, 2.05) is 48.5 Å². The third-order valence-electron chi connectivity index (χ3n) is 3.55. The van der Waals surface area contributed by atoms with Crippen molar-refractivity contribution >= 4 is 16.7 Å². The molecule has 0 fully saturated rings. The van der Waals surface area contributed by atoms with Gasteiger partial charge in [0.15, 0.2) is 5.78 Å². The Balaban J connectivity index is 2.18. The van der Waals surface area contributed by atoms with Crippen LogP contribution in [0.1, 0.15) is 17.3 Å². The number of ketones is 1. The summed E-state index contributed by atoms with van der Waals surface area (Å²) in [6.45, 7) is 1.57. The van der Waals surface area contributed by atoms with Crippen molar-refractivity contribution in [2.24, 2.45) is 0 Å². The van der Waals surface area contributed by atoms with Crippen LogP contribution in [-0.2, 0) is 0 Å². The number of carbonyl (C=O) groups excluding carboxylic acids is 1. The minimum atomic E-state index is 0.0720. The van der Waals surface area contributed by atoms with Crippen LogP contribution in [0.15, 0.2) is 54.7 Å². The molecule has 1 heterocycles. The average molecular weight is 277 g/mol. The number of carbonyl (C=O) groups is 1. The summed E-state index contributed by atoms with van der Waals surface area (Å²) in [6, 6.07) is 15.5. The van der Waals surface area contributed by atoms with E-state index in [-0.39, 0.29) is 5.78 Å². The monoisotopic (exact) mass is 277 g/mol. The number of methoxy groups -OCH3 is 1. The van der Waals surface area contributed by atoms with Gasteiger partial charge in [-0.3, -0.25) is 9.78 Å². The van der Waals surface area contributed by atoms with Crippen molar-refractivity contribution in [1.82, 2.24) is 4.98 Å². The van der Waals surface area contributed by atoms with Gasteiger partial charge in [0.05, 0.1) is 7.11 Å². The highest BCUT2D eigenvalue weighted by Crippen LogP contribution is 2.33. The van der Waals surface area contributed by atoms with E-state index in [9.17, 15) is 4.79 Å². The third kappa shape index (κ3) is 2.38. The summed E-state index contributed by atoms with van der Waals surface area (Å²) in [7, 11) is 1.64. The molecule has 0 saturated heterocycles. The first kappa shape index (κ1) is 13.3. The molecule has 0 spiro atoms. The van der Waals surface area contributed by atoms with Crippen LogP contribution in [0.2, 0.25) is 0 Å². The van der Waals surface area contributed by atoms with E-state index >= 15 is 0 Å². The largest absolute Gasteiger partial charge is 0.494 e. The van der Waals surface area contributed by atoms with Gasteiger partial charge in [-0.1, -0.05) is 30.3 Å². The van der Waals surface area contributed by atoms with Crippen LogP contribution in [0.5, 0.6) is 5.75 Å². The van der Waals surface area contributed by atoms with Crippen LogP contribution in [0.4, 0.5) is 0 Å². The molecule has 21 heavy (non-hydrogen) atoms. The summed E-state index contributed by atoms with van der Waals surface area (Å²) >= 11 is 0. The molecule has 3 heteroatoms. The molecule has 2 aromatic carbocycles. The molecule has 104 valence electrons. The van der Waals surface area contributed by atoms with Crippen LogP contribution < -0.4 is 4.74 Å². The molecule has 3 rings (SSSR count). The molecule has 1 aromatic heterocycles. The van der Waals surface area contributed by atoms with E-state index in [0.717, 1.165) is 33.3 Å². The molecule has 0 N–H and O–H groups in total. The second-order valence-corrected chi connectivity index (χ2v) is 4.85. The van der Waals surface area contributed by atoms with Crippen molar-refractivity contribution in [2.45, 2.75) is 6.92 Å². The fourth-order valence-electron chi connectivity index (χ4n) is 2.45. The Morgan fingerprint density at radius 3 is 2.48 bits per heavy atom. The van der Waals surface area contributed by atoms with E-state index in [1.165, 1.54) is 0 Å². The first-order chi connectivity index (χ1) is 10.2. The van der Waals surface area contributed by atoms with Gasteiger partial charge in [-0.25, -0.2) is 0 Å². The van der Waals surface area contributed by atoms with Crippen molar-refractivity contribution in [2.75, 3.05) is 7.11 Å². The maximum absolute atomic E-state index is 11.4. The Morgan fingerprint density at radius 1 is 1.05 bits per heavy atom. The molecule has 3 nitrogen and oxygen atoms in total. The Kier molecular flexibility index (Phi) is 3.40. The first-order valence-electron chi connectivity index (χ1n) is 6.74. The fraction of sp³-hybridized carbons (Fsp3) is 0.111. The third-order valence-corrected chi connectivity index (χ3v) is 3.55. The van der Waals surface area contributed by atoms with Crippen LogP contribution in [0, 0.1) is 0 Å². The molecule has 0 unspecified atom stereocenters. The van der Waals surface area contributed by atoms with Gasteiger partial charge in [0.25, 0.3) is 0 Å². The highest BCUT2D eigenvalue weighted by molar-refractivity contribution is 5.99. The zero-order valence-electron chi connectivity index (χ0n) is 12.0. The number of hydrogen-bond acceptors (Lipinski definition) is 3. The maximum atomic E-state index is 11.4. The number of hydrogen-bond donors (Lipinski definition) is 0. The number of rotatable bonds is 3. The molecule has 3 aromatic rings. The van der Waals surface area contributed by atoms with E-state index in [2.05, 4.69) is 4.98 Å². The van der Waals surface area contributed by atoms with Gasteiger partial charge in [-0.15, -0.1) is 0 Å². The van der Waals surface area contributed by atoms with Crippen molar-refractivity contribution in [3.8, 4) is 16.9 Å². The zero-order chi connectivity index (χ0) is 14.8. The number of Topliss-reactive ketones (excluding diaryl/α,β-unsaturated/α-hetero) is 1. The molecular formula is C18H15NO2. The van der Waals surface area contributed by atoms with Crippen LogP contribution in [0.25, 0.3) is 22.0 Å². The van der Waals surface area contributed by atoms with Gasteiger partial charge in [-0.2, -0.15) is 0 Å². The normalized spacial score (nSPS) is 10.6. The lowest BCUT2D eigenvalue weighted by molar-refractivity contribution is 0.101. The number of aromatic nitrogens is 1. The summed E-state index contributed by atoms with van der Waals surface area (Å²) < 4.78 is 5.36. The van der Waals surface area contributed by atoms with E-state index < -0.39 is 0 Å². The second kappa shape index (κ2) is 5.37. The zero-order valence-corrected chi connectivity index (χ0v) is 12.0. The van der Waals surface area contributed by atoms with Gasteiger partial charge in [-0.05, 0) is 36.2 Å². The SMILES string of the molecule is COc1ccc(-c2ccc(C(C)=O)cc2)c2cccnc12. The Bertz CT molecular complexity index is 807. The van der Waals surface area contributed by atoms with Crippen LogP contribution in [0.3, 0.4) is 0 Å². The minimum Gasteiger partial charge on any atom is -0.494 e. The molecule has 0 amide bonds. The molecule has 0 aliphatic heterocycles. The van der Waals surface area contributed by atoms with Gasteiger partial charge in [0.2, 0.25) is 0 Å². The quantitative estimate of drug-likeness (QED) is 0.676. The smallest absolute Gasteiger partial charge is 0.159 e. The summed E-state index contributed by atoms with van der Waals surface area (Å²) in [5, 5.41) is 1.03. The number of fused-ring (bicyclic) bond motifs is 1. The predicted octanol–water partition coefficient (Wildman–Crippen LogP) is 4.11. The molecule has 0 aliphatic rings. The Labute approximate surface area is 123 Å². The molecule has 0 saturated carbocycles. The number of nitrogens with zero attached hydrogens (tertiary/aromatic N) is 1. The molecular weight excluding hydrogens is 262 g/mol. The lowest BCUT2D eigenvalue weighted by Crippen LogP contribution is -1.92. The summed E-state index contributed by atoms with van der Waals surface area (Å²) in [6.07, 6.45) is 1.76. The maximum Gasteiger partial charge on any atom is 0.159 e. The van der Waals surface area contributed by atoms with Crippen molar-refractivity contribution in [3.05, 3.63) is 60.3 Å². The Morgan fingerprint density at radius 2 is 1.81 bits per heavy atom. The number of pyridine rings is 1. The van der Waals surface area contributed by atoms with E-state index in [1.54, 1.807) is 20.2 Å². The molecule has 0 bridgehead atoms. The molecule has 0 aliphatic carbocycles. The standard InChI is InChI=1S/C18H15NO2/c1-12(20)13-5-7-14(8-6-13)15-9-10-17(21-2)18-16(15)4-3-11-19-18/h3-11H,1-2H3.